The van der Waals surface area contributed by atoms with Crippen LogP contribution in [0.3, 0.4) is 0 Å². The molecule has 3 aromatic carbocycles. The maximum Gasteiger partial charge on any atom is 0.231 e. The maximum atomic E-state index is 12.7. The lowest BCUT2D eigenvalue weighted by Gasteiger charge is -2.19. The lowest BCUT2D eigenvalue weighted by Crippen LogP contribution is -2.30. The number of carbonyl (C=O) groups is 1. The van der Waals surface area contributed by atoms with Gasteiger partial charge >= 0.3 is 0 Å². The van der Waals surface area contributed by atoms with E-state index in [0.717, 1.165) is 16.7 Å². The van der Waals surface area contributed by atoms with Crippen molar-refractivity contribution in [1.29, 1.82) is 0 Å². The number of benzene rings is 3. The summed E-state index contributed by atoms with van der Waals surface area (Å²) in [5, 5.41) is 10.8. The average molecular weight is 401 g/mol. The number of amides is 1. The van der Waals surface area contributed by atoms with E-state index in [-0.39, 0.29) is 17.7 Å². The van der Waals surface area contributed by atoms with E-state index >= 15 is 0 Å². The van der Waals surface area contributed by atoms with Crippen molar-refractivity contribution < 1.29 is 4.79 Å². The van der Waals surface area contributed by atoms with Crippen molar-refractivity contribution in [2.45, 2.75) is 11.2 Å². The van der Waals surface area contributed by atoms with Gasteiger partial charge in [0.1, 0.15) is 0 Å². The zero-order chi connectivity index (χ0) is 19.9. The Hall–Kier alpha value is -3.38. The van der Waals surface area contributed by atoms with Crippen LogP contribution in [0.25, 0.3) is 11.4 Å². The molecule has 0 spiro atoms. The summed E-state index contributed by atoms with van der Waals surface area (Å²) >= 11 is 1.31. The highest BCUT2D eigenvalue weighted by Crippen LogP contribution is 2.23. The number of nitrogens with zero attached hydrogens (tertiary/aromatic N) is 2. The quantitative estimate of drug-likeness (QED) is 0.449. The third-order valence-electron chi connectivity index (χ3n) is 4.42. The molecule has 0 radical (unpaired) electrons. The zero-order valence-electron chi connectivity index (χ0n) is 15.7. The first-order chi connectivity index (χ1) is 14.3. The van der Waals surface area contributed by atoms with Crippen LogP contribution in [0, 0.1) is 0 Å². The van der Waals surface area contributed by atoms with Gasteiger partial charge in [-0.1, -0.05) is 103 Å². The average Bonchev–Trinajstić information content (AvgIpc) is 3.27. The first kappa shape index (κ1) is 19.0. The number of rotatable bonds is 7. The van der Waals surface area contributed by atoms with Gasteiger partial charge < -0.3 is 5.32 Å². The molecule has 1 heterocycles. The number of hydrogen-bond acceptors (Lipinski definition) is 4. The summed E-state index contributed by atoms with van der Waals surface area (Å²) in [5.74, 6) is 0.862. The van der Waals surface area contributed by atoms with Crippen molar-refractivity contribution in [3.63, 3.8) is 0 Å². The number of nitrogens with one attached hydrogen (secondary N) is 2. The fraction of sp³-hybridized carbons (Fsp3) is 0.0870. The molecule has 5 nitrogen and oxygen atoms in total. The second kappa shape index (κ2) is 9.21. The highest BCUT2D eigenvalue weighted by Gasteiger charge is 2.17. The second-order valence-corrected chi connectivity index (χ2v) is 7.39. The number of H-pyrrole nitrogens is 1. The first-order valence-electron chi connectivity index (χ1n) is 9.29. The van der Waals surface area contributed by atoms with Crippen LogP contribution >= 0.6 is 11.8 Å². The van der Waals surface area contributed by atoms with E-state index in [4.69, 9.17) is 0 Å². The number of aromatic amines is 1. The fourth-order valence-corrected chi connectivity index (χ4v) is 3.63. The minimum atomic E-state index is -0.197. The minimum Gasteiger partial charge on any atom is -0.344 e. The van der Waals surface area contributed by atoms with E-state index in [2.05, 4.69) is 20.5 Å². The Morgan fingerprint density at radius 3 is 2.00 bits per heavy atom. The van der Waals surface area contributed by atoms with E-state index in [0.29, 0.717) is 11.0 Å². The minimum absolute atomic E-state index is 0.0706. The Balaban J connectivity index is 1.42. The summed E-state index contributed by atoms with van der Waals surface area (Å²) in [5.41, 5.74) is 3.05. The third kappa shape index (κ3) is 4.92. The van der Waals surface area contributed by atoms with Gasteiger partial charge in [0.15, 0.2) is 5.82 Å². The van der Waals surface area contributed by atoms with Gasteiger partial charge in [0.2, 0.25) is 11.1 Å². The number of thioether (sulfide) groups is 1. The van der Waals surface area contributed by atoms with Crippen molar-refractivity contribution in [1.82, 2.24) is 20.5 Å². The summed E-state index contributed by atoms with van der Waals surface area (Å²) in [4.78, 5) is 17.1. The molecule has 144 valence electrons. The Labute approximate surface area is 173 Å². The van der Waals surface area contributed by atoms with Crippen LogP contribution in [-0.2, 0) is 4.79 Å². The summed E-state index contributed by atoms with van der Waals surface area (Å²) in [6.45, 7) is 0. The van der Waals surface area contributed by atoms with Gasteiger partial charge in [-0.25, -0.2) is 4.98 Å². The summed E-state index contributed by atoms with van der Waals surface area (Å²) in [6, 6.07) is 29.5. The molecule has 1 aromatic heterocycles. The normalized spacial score (nSPS) is 10.8. The third-order valence-corrected chi connectivity index (χ3v) is 5.26. The molecule has 4 rings (SSSR count). The molecule has 0 aliphatic heterocycles. The molecule has 0 aliphatic rings. The standard InChI is InChI=1S/C23H20N4OS/c28-20(16-29-23-25-22(26-27-23)19-14-8-3-9-15-19)24-21(17-10-4-1-5-11-17)18-12-6-2-7-13-18/h1-15,21H,16H2,(H,24,28)(H,25,26,27). The summed E-state index contributed by atoms with van der Waals surface area (Å²) in [7, 11) is 0. The molecule has 0 saturated heterocycles. The molecule has 0 atom stereocenters. The van der Waals surface area contributed by atoms with Crippen LogP contribution in [-0.4, -0.2) is 26.8 Å². The lowest BCUT2D eigenvalue weighted by atomic mass is 9.99. The van der Waals surface area contributed by atoms with E-state index in [1.54, 1.807) is 0 Å². The molecule has 0 bridgehead atoms. The van der Waals surface area contributed by atoms with E-state index in [1.807, 2.05) is 91.0 Å². The van der Waals surface area contributed by atoms with Crippen LogP contribution in [0.2, 0.25) is 0 Å². The van der Waals surface area contributed by atoms with Gasteiger partial charge in [0, 0.05) is 5.56 Å². The summed E-state index contributed by atoms with van der Waals surface area (Å²) < 4.78 is 0. The smallest absolute Gasteiger partial charge is 0.231 e. The molecule has 2 N–H and O–H groups in total. The predicted octanol–water partition coefficient (Wildman–Crippen LogP) is 4.47. The molecular weight excluding hydrogens is 380 g/mol. The van der Waals surface area contributed by atoms with Crippen LogP contribution in [0.4, 0.5) is 0 Å². The van der Waals surface area contributed by atoms with Crippen molar-refractivity contribution in [3.8, 4) is 11.4 Å². The topological polar surface area (TPSA) is 70.7 Å². The molecule has 4 aromatic rings. The van der Waals surface area contributed by atoms with Gasteiger partial charge in [0.25, 0.3) is 0 Å². The van der Waals surface area contributed by atoms with Crippen molar-refractivity contribution in [2.24, 2.45) is 0 Å². The molecule has 0 fully saturated rings. The highest BCUT2D eigenvalue weighted by atomic mass is 32.2. The maximum absolute atomic E-state index is 12.7. The Morgan fingerprint density at radius 2 is 1.41 bits per heavy atom. The predicted molar refractivity (Wildman–Crippen MR) is 115 cm³/mol. The lowest BCUT2D eigenvalue weighted by molar-refractivity contribution is -0.119. The van der Waals surface area contributed by atoms with Gasteiger partial charge in [0.05, 0.1) is 11.8 Å². The van der Waals surface area contributed by atoms with E-state index in [1.165, 1.54) is 11.8 Å². The largest absolute Gasteiger partial charge is 0.344 e. The van der Waals surface area contributed by atoms with Crippen molar-refractivity contribution in [3.05, 3.63) is 102 Å². The SMILES string of the molecule is O=C(CSc1n[nH]c(-c2ccccc2)n1)NC(c1ccccc1)c1ccccc1. The molecule has 0 unspecified atom stereocenters. The molecule has 29 heavy (non-hydrogen) atoms. The molecular formula is C23H20N4OS. The van der Waals surface area contributed by atoms with Gasteiger partial charge in [-0.15, -0.1) is 5.10 Å². The molecule has 1 amide bonds. The van der Waals surface area contributed by atoms with E-state index < -0.39 is 0 Å². The molecule has 0 saturated carbocycles. The highest BCUT2D eigenvalue weighted by molar-refractivity contribution is 7.99. The van der Waals surface area contributed by atoms with E-state index in [9.17, 15) is 4.79 Å². The van der Waals surface area contributed by atoms with Crippen LogP contribution in [0.5, 0.6) is 0 Å². The van der Waals surface area contributed by atoms with Gasteiger partial charge in [-0.05, 0) is 11.1 Å². The summed E-state index contributed by atoms with van der Waals surface area (Å²) in [6.07, 6.45) is 0. The first-order valence-corrected chi connectivity index (χ1v) is 10.3. The number of aromatic nitrogens is 3. The fourth-order valence-electron chi connectivity index (χ4n) is 3.02. The van der Waals surface area contributed by atoms with Crippen molar-refractivity contribution in [2.75, 3.05) is 5.75 Å². The van der Waals surface area contributed by atoms with Crippen LogP contribution < -0.4 is 5.32 Å². The van der Waals surface area contributed by atoms with Gasteiger partial charge in [-0.3, -0.25) is 9.89 Å². The van der Waals surface area contributed by atoms with Crippen LogP contribution in [0.15, 0.2) is 96.2 Å². The Morgan fingerprint density at radius 1 is 0.862 bits per heavy atom. The Bertz CT molecular complexity index is 1010. The molecule has 0 aliphatic carbocycles. The van der Waals surface area contributed by atoms with Crippen LogP contribution in [0.1, 0.15) is 17.2 Å². The number of hydrogen-bond donors (Lipinski definition) is 2. The monoisotopic (exact) mass is 400 g/mol. The van der Waals surface area contributed by atoms with Crippen molar-refractivity contribution >= 4 is 17.7 Å². The number of carbonyl (C=O) groups excluding carboxylic acids is 1. The zero-order valence-corrected chi connectivity index (χ0v) is 16.5. The molecule has 6 heteroatoms. The van der Waals surface area contributed by atoms with Gasteiger partial charge in [-0.2, -0.15) is 0 Å². The second-order valence-electron chi connectivity index (χ2n) is 6.44. The Kier molecular flexibility index (Phi) is 6.02.